The lowest BCUT2D eigenvalue weighted by Gasteiger charge is -2.10. The van der Waals surface area contributed by atoms with Gasteiger partial charge in [0, 0.05) is 0 Å². The molecule has 0 spiro atoms. The lowest BCUT2D eigenvalue weighted by molar-refractivity contribution is -0.384. The quantitative estimate of drug-likeness (QED) is 0.521. The maximum Gasteiger partial charge on any atom is 0.337 e. The van der Waals surface area contributed by atoms with Gasteiger partial charge in [0.2, 0.25) is 5.75 Å². The van der Waals surface area contributed by atoms with Crippen LogP contribution in [0, 0.1) is 10.1 Å². The van der Waals surface area contributed by atoms with Crippen molar-refractivity contribution >= 4 is 34.6 Å². The molecule has 19 heavy (non-hydrogen) atoms. The molecule has 0 saturated carbocycles. The summed E-state index contributed by atoms with van der Waals surface area (Å²) in [5, 5.41) is 11.1. The van der Waals surface area contributed by atoms with Crippen molar-refractivity contribution in [2.45, 2.75) is 0 Å². The third-order valence-electron chi connectivity index (χ3n) is 2.34. The van der Waals surface area contributed by atoms with Crippen LogP contribution in [0.15, 0.2) is 36.4 Å². The van der Waals surface area contributed by atoms with Gasteiger partial charge in [0.15, 0.2) is 0 Å². The Morgan fingerprint density at radius 3 is 2.37 bits per heavy atom. The summed E-state index contributed by atoms with van der Waals surface area (Å²) >= 11 is 11.7. The molecule has 0 saturated heterocycles. The van der Waals surface area contributed by atoms with E-state index in [-0.39, 0.29) is 21.5 Å². The average molecular weight is 299 g/mol. The number of nitrogen functional groups attached to an aromatic ring is 1. The Morgan fingerprint density at radius 2 is 1.79 bits per heavy atom. The maximum atomic E-state index is 11.1. The van der Waals surface area contributed by atoms with E-state index in [1.165, 1.54) is 6.07 Å². The van der Waals surface area contributed by atoms with Crippen molar-refractivity contribution < 1.29 is 9.66 Å². The number of nitro benzene ring substituents is 1. The molecular formula is C12H8Cl2N2O3. The SMILES string of the molecule is Nc1c(Cl)cc(Cl)c(Oc2ccccc2)c1[N+](=O)[O-]. The van der Waals surface area contributed by atoms with Crippen molar-refractivity contribution in [1.82, 2.24) is 0 Å². The highest BCUT2D eigenvalue weighted by Crippen LogP contribution is 2.45. The molecule has 2 N–H and O–H groups in total. The van der Waals surface area contributed by atoms with Gasteiger partial charge in [0.1, 0.15) is 11.4 Å². The van der Waals surface area contributed by atoms with Crippen molar-refractivity contribution in [3.8, 4) is 11.5 Å². The minimum absolute atomic E-state index is 0.0112. The first-order valence-electron chi connectivity index (χ1n) is 5.15. The fourth-order valence-corrected chi connectivity index (χ4v) is 1.98. The molecule has 0 unspecified atom stereocenters. The summed E-state index contributed by atoms with van der Waals surface area (Å²) in [6, 6.07) is 9.85. The van der Waals surface area contributed by atoms with E-state index in [2.05, 4.69) is 0 Å². The molecule has 0 bridgehead atoms. The summed E-state index contributed by atoms with van der Waals surface area (Å²) in [5.41, 5.74) is 4.97. The standard InChI is InChI=1S/C12H8Cl2N2O3/c13-8-6-9(14)12(11(10(8)15)16(17)18)19-7-4-2-1-3-5-7/h1-6H,15H2. The van der Waals surface area contributed by atoms with Crippen LogP contribution in [0.5, 0.6) is 11.5 Å². The lowest BCUT2D eigenvalue weighted by atomic mass is 10.2. The Balaban J connectivity index is 2.56. The normalized spacial score (nSPS) is 10.2. The fraction of sp³-hybridized carbons (Fsp3) is 0. The first kappa shape index (κ1) is 13.5. The lowest BCUT2D eigenvalue weighted by Crippen LogP contribution is -2.00. The Kier molecular flexibility index (Phi) is 3.78. The predicted molar refractivity (Wildman–Crippen MR) is 74.0 cm³/mol. The second-order valence-corrected chi connectivity index (χ2v) is 4.42. The van der Waals surface area contributed by atoms with Crippen molar-refractivity contribution in [3.05, 3.63) is 56.6 Å². The molecule has 0 aliphatic heterocycles. The first-order valence-corrected chi connectivity index (χ1v) is 5.91. The van der Waals surface area contributed by atoms with Gasteiger partial charge in [-0.3, -0.25) is 10.1 Å². The third-order valence-corrected chi connectivity index (χ3v) is 2.94. The highest BCUT2D eigenvalue weighted by Gasteiger charge is 2.26. The second-order valence-electron chi connectivity index (χ2n) is 3.60. The molecule has 0 fully saturated rings. The third kappa shape index (κ3) is 2.72. The molecule has 5 nitrogen and oxygen atoms in total. The van der Waals surface area contributed by atoms with E-state index in [0.29, 0.717) is 5.75 Å². The number of ether oxygens (including phenoxy) is 1. The van der Waals surface area contributed by atoms with Crippen LogP contribution in [0.3, 0.4) is 0 Å². The van der Waals surface area contributed by atoms with Crippen LogP contribution in [0.4, 0.5) is 11.4 Å². The van der Waals surface area contributed by atoms with Crippen LogP contribution in [0.1, 0.15) is 0 Å². The molecule has 2 rings (SSSR count). The molecule has 0 aliphatic carbocycles. The predicted octanol–water partition coefficient (Wildman–Crippen LogP) is 4.28. The van der Waals surface area contributed by atoms with E-state index in [4.69, 9.17) is 33.7 Å². The van der Waals surface area contributed by atoms with Crippen molar-refractivity contribution in [3.63, 3.8) is 0 Å². The second kappa shape index (κ2) is 5.34. The molecule has 98 valence electrons. The maximum absolute atomic E-state index is 11.1. The molecule has 0 heterocycles. The van der Waals surface area contributed by atoms with Gasteiger partial charge in [0.05, 0.1) is 15.0 Å². The monoisotopic (exact) mass is 298 g/mol. The number of benzene rings is 2. The molecule has 2 aromatic carbocycles. The summed E-state index contributed by atoms with van der Waals surface area (Å²) in [6.45, 7) is 0. The van der Waals surface area contributed by atoms with Gasteiger partial charge in [-0.05, 0) is 18.2 Å². The van der Waals surface area contributed by atoms with Crippen LogP contribution in [-0.2, 0) is 0 Å². The first-order chi connectivity index (χ1) is 9.00. The molecule has 0 amide bonds. The van der Waals surface area contributed by atoms with Gasteiger partial charge in [-0.1, -0.05) is 41.4 Å². The van der Waals surface area contributed by atoms with Gasteiger partial charge >= 0.3 is 5.69 Å². The highest BCUT2D eigenvalue weighted by atomic mass is 35.5. The van der Waals surface area contributed by atoms with Crippen LogP contribution in [-0.4, -0.2) is 4.92 Å². The number of nitro groups is 1. The minimum Gasteiger partial charge on any atom is -0.448 e. The molecular weight excluding hydrogens is 291 g/mol. The Hall–Kier alpha value is -1.98. The Bertz CT molecular complexity index is 633. The summed E-state index contributed by atoms with van der Waals surface area (Å²) in [7, 11) is 0. The van der Waals surface area contributed by atoms with Crippen molar-refractivity contribution in [1.29, 1.82) is 0 Å². The summed E-state index contributed by atoms with van der Waals surface area (Å²) < 4.78 is 5.43. The van der Waals surface area contributed by atoms with Gasteiger partial charge in [0.25, 0.3) is 0 Å². The average Bonchev–Trinajstić information content (AvgIpc) is 2.37. The van der Waals surface area contributed by atoms with Gasteiger partial charge in [-0.15, -0.1) is 0 Å². The summed E-state index contributed by atoms with van der Waals surface area (Å²) in [5.74, 6) is 0.286. The van der Waals surface area contributed by atoms with E-state index in [0.717, 1.165) is 0 Å². The topological polar surface area (TPSA) is 78.4 Å². The molecule has 0 aromatic heterocycles. The fourth-order valence-electron chi connectivity index (χ4n) is 1.49. The van der Waals surface area contributed by atoms with E-state index >= 15 is 0 Å². The number of hydrogen-bond acceptors (Lipinski definition) is 4. The molecule has 2 aromatic rings. The number of anilines is 1. The molecule has 0 radical (unpaired) electrons. The van der Waals surface area contributed by atoms with Gasteiger partial charge in [-0.2, -0.15) is 0 Å². The van der Waals surface area contributed by atoms with Crippen LogP contribution < -0.4 is 10.5 Å². The zero-order valence-electron chi connectivity index (χ0n) is 9.47. The number of para-hydroxylation sites is 1. The van der Waals surface area contributed by atoms with Gasteiger partial charge < -0.3 is 10.5 Å². The van der Waals surface area contributed by atoms with Crippen molar-refractivity contribution in [2.24, 2.45) is 0 Å². The number of nitrogens with two attached hydrogens (primary N) is 1. The minimum atomic E-state index is -0.675. The van der Waals surface area contributed by atoms with Gasteiger partial charge in [-0.25, -0.2) is 0 Å². The highest BCUT2D eigenvalue weighted by molar-refractivity contribution is 6.38. The Morgan fingerprint density at radius 1 is 1.16 bits per heavy atom. The van der Waals surface area contributed by atoms with E-state index in [9.17, 15) is 10.1 Å². The Labute approximate surface area is 118 Å². The van der Waals surface area contributed by atoms with E-state index < -0.39 is 10.6 Å². The smallest absolute Gasteiger partial charge is 0.337 e. The zero-order chi connectivity index (χ0) is 14.0. The largest absolute Gasteiger partial charge is 0.448 e. The van der Waals surface area contributed by atoms with Crippen LogP contribution in [0.25, 0.3) is 0 Å². The van der Waals surface area contributed by atoms with Crippen LogP contribution >= 0.6 is 23.2 Å². The zero-order valence-corrected chi connectivity index (χ0v) is 11.0. The number of rotatable bonds is 3. The van der Waals surface area contributed by atoms with Crippen LogP contribution in [0.2, 0.25) is 10.0 Å². The van der Waals surface area contributed by atoms with E-state index in [1.54, 1.807) is 30.3 Å². The molecule has 0 atom stereocenters. The number of hydrogen-bond donors (Lipinski definition) is 1. The number of nitrogens with zero attached hydrogens (tertiary/aromatic N) is 1. The molecule has 7 heteroatoms. The number of halogens is 2. The van der Waals surface area contributed by atoms with E-state index in [1.807, 2.05) is 0 Å². The summed E-state index contributed by atoms with van der Waals surface area (Å²) in [4.78, 5) is 10.4. The van der Waals surface area contributed by atoms with Crippen molar-refractivity contribution in [2.75, 3.05) is 5.73 Å². The molecule has 0 aliphatic rings. The summed E-state index contributed by atoms with van der Waals surface area (Å²) in [6.07, 6.45) is 0.